The van der Waals surface area contributed by atoms with Crippen molar-refractivity contribution in [3.05, 3.63) is 0 Å². The number of amides is 2. The topological polar surface area (TPSA) is 73.2 Å². The summed E-state index contributed by atoms with van der Waals surface area (Å²) in [7, 11) is 0. The highest BCUT2D eigenvalue weighted by Crippen LogP contribution is 2.15. The third-order valence-electron chi connectivity index (χ3n) is 2.59. The van der Waals surface area contributed by atoms with Crippen LogP contribution in [0.25, 0.3) is 0 Å². The molecule has 1 rings (SSSR count). The molecular weight excluding hydrogens is 194 g/mol. The molecule has 82 valence electrons. The Morgan fingerprint density at radius 2 is 2.07 bits per heavy atom. The van der Waals surface area contributed by atoms with Crippen molar-refractivity contribution in [3.8, 4) is 6.07 Å². The standard InChI is InChI=1S/C10H15N3O2/c1-8-2-6-13(7-3-8)10(15)9(14)12-5-4-11/h8H,2-3,5-7H2,1H3,(H,12,14). The van der Waals surface area contributed by atoms with Gasteiger partial charge in [0.1, 0.15) is 6.54 Å². The van der Waals surface area contributed by atoms with E-state index in [1.54, 1.807) is 11.0 Å². The minimum atomic E-state index is -0.675. The fraction of sp³-hybridized carbons (Fsp3) is 0.700. The van der Waals surface area contributed by atoms with E-state index in [9.17, 15) is 9.59 Å². The molecule has 0 spiro atoms. The first-order valence-electron chi connectivity index (χ1n) is 5.09. The smallest absolute Gasteiger partial charge is 0.311 e. The fourth-order valence-electron chi connectivity index (χ4n) is 1.55. The van der Waals surface area contributed by atoms with Crippen LogP contribution in [-0.2, 0) is 9.59 Å². The van der Waals surface area contributed by atoms with Gasteiger partial charge in [0, 0.05) is 13.1 Å². The molecule has 0 bridgehead atoms. The Morgan fingerprint density at radius 1 is 1.47 bits per heavy atom. The molecule has 0 atom stereocenters. The Balaban J connectivity index is 2.40. The second kappa shape index (κ2) is 5.35. The van der Waals surface area contributed by atoms with Crippen molar-refractivity contribution in [1.29, 1.82) is 5.26 Å². The van der Waals surface area contributed by atoms with Crippen molar-refractivity contribution in [2.75, 3.05) is 19.6 Å². The Hall–Kier alpha value is -1.57. The van der Waals surface area contributed by atoms with Gasteiger partial charge in [0.2, 0.25) is 0 Å². The number of piperidine rings is 1. The molecule has 1 saturated heterocycles. The van der Waals surface area contributed by atoms with Crippen LogP contribution in [0.4, 0.5) is 0 Å². The summed E-state index contributed by atoms with van der Waals surface area (Å²) < 4.78 is 0. The first kappa shape index (κ1) is 11.5. The molecule has 2 amide bonds. The molecule has 0 aromatic heterocycles. The first-order chi connectivity index (χ1) is 7.15. The van der Waals surface area contributed by atoms with Gasteiger partial charge in [-0.05, 0) is 18.8 Å². The van der Waals surface area contributed by atoms with E-state index in [2.05, 4.69) is 12.2 Å². The Kier molecular flexibility index (Phi) is 4.10. The van der Waals surface area contributed by atoms with Gasteiger partial charge in [0.15, 0.2) is 0 Å². The third kappa shape index (κ3) is 3.24. The van der Waals surface area contributed by atoms with Gasteiger partial charge in [0.25, 0.3) is 0 Å². The maximum atomic E-state index is 11.5. The monoisotopic (exact) mass is 209 g/mol. The maximum Gasteiger partial charge on any atom is 0.311 e. The fourth-order valence-corrected chi connectivity index (χ4v) is 1.55. The second-order valence-corrected chi connectivity index (χ2v) is 3.82. The van der Waals surface area contributed by atoms with Gasteiger partial charge in [0.05, 0.1) is 6.07 Å². The van der Waals surface area contributed by atoms with E-state index in [-0.39, 0.29) is 6.54 Å². The van der Waals surface area contributed by atoms with E-state index >= 15 is 0 Å². The molecule has 0 aromatic carbocycles. The lowest BCUT2D eigenvalue weighted by Crippen LogP contribution is -2.46. The van der Waals surface area contributed by atoms with Crippen molar-refractivity contribution in [2.24, 2.45) is 5.92 Å². The molecule has 1 aliphatic rings. The summed E-state index contributed by atoms with van der Waals surface area (Å²) in [4.78, 5) is 24.3. The molecule has 0 aliphatic carbocycles. The molecule has 5 heteroatoms. The van der Waals surface area contributed by atoms with Crippen molar-refractivity contribution in [2.45, 2.75) is 19.8 Å². The van der Waals surface area contributed by atoms with Crippen molar-refractivity contribution < 1.29 is 9.59 Å². The summed E-state index contributed by atoms with van der Waals surface area (Å²) in [6.45, 7) is 3.30. The number of rotatable bonds is 1. The second-order valence-electron chi connectivity index (χ2n) is 3.82. The van der Waals surface area contributed by atoms with E-state index in [4.69, 9.17) is 5.26 Å². The van der Waals surface area contributed by atoms with Crippen LogP contribution < -0.4 is 5.32 Å². The number of hydrogen-bond donors (Lipinski definition) is 1. The Bertz CT molecular complexity index is 288. The van der Waals surface area contributed by atoms with Crippen LogP contribution in [0.1, 0.15) is 19.8 Å². The van der Waals surface area contributed by atoms with Gasteiger partial charge in [-0.15, -0.1) is 0 Å². The van der Waals surface area contributed by atoms with Gasteiger partial charge in [-0.1, -0.05) is 6.92 Å². The number of likely N-dealkylation sites (tertiary alicyclic amines) is 1. The zero-order chi connectivity index (χ0) is 11.3. The van der Waals surface area contributed by atoms with Crippen LogP contribution in [0.5, 0.6) is 0 Å². The van der Waals surface area contributed by atoms with E-state index in [0.29, 0.717) is 19.0 Å². The molecule has 15 heavy (non-hydrogen) atoms. The first-order valence-corrected chi connectivity index (χ1v) is 5.09. The summed E-state index contributed by atoms with van der Waals surface area (Å²) in [6, 6.07) is 1.76. The zero-order valence-electron chi connectivity index (χ0n) is 8.82. The minimum absolute atomic E-state index is 0.116. The Labute approximate surface area is 89.0 Å². The summed E-state index contributed by atoms with van der Waals surface area (Å²) in [6.07, 6.45) is 1.88. The van der Waals surface area contributed by atoms with Crippen LogP contribution in [0, 0.1) is 17.2 Å². The van der Waals surface area contributed by atoms with Crippen LogP contribution in [0.3, 0.4) is 0 Å². The Morgan fingerprint density at radius 3 is 2.60 bits per heavy atom. The normalized spacial score (nSPS) is 16.9. The highest BCUT2D eigenvalue weighted by atomic mass is 16.2. The minimum Gasteiger partial charge on any atom is -0.335 e. The lowest BCUT2D eigenvalue weighted by atomic mass is 9.99. The molecule has 0 radical (unpaired) electrons. The van der Waals surface area contributed by atoms with E-state index in [1.165, 1.54) is 0 Å². The molecule has 0 aromatic rings. The average Bonchev–Trinajstić information content (AvgIpc) is 2.26. The number of nitriles is 1. The van der Waals surface area contributed by atoms with Crippen molar-refractivity contribution >= 4 is 11.8 Å². The number of nitrogens with zero attached hydrogens (tertiary/aromatic N) is 2. The average molecular weight is 209 g/mol. The van der Waals surface area contributed by atoms with Gasteiger partial charge < -0.3 is 10.2 Å². The molecule has 0 saturated carbocycles. The molecular formula is C10H15N3O2. The van der Waals surface area contributed by atoms with Crippen molar-refractivity contribution in [3.63, 3.8) is 0 Å². The van der Waals surface area contributed by atoms with E-state index in [1.807, 2.05) is 0 Å². The lowest BCUT2D eigenvalue weighted by Gasteiger charge is -2.29. The predicted octanol–water partition coefficient (Wildman–Crippen LogP) is -0.115. The SMILES string of the molecule is CC1CCN(C(=O)C(=O)NCC#N)CC1. The molecule has 1 fully saturated rings. The quantitative estimate of drug-likeness (QED) is 0.483. The van der Waals surface area contributed by atoms with Gasteiger partial charge in [-0.2, -0.15) is 5.26 Å². The van der Waals surface area contributed by atoms with E-state index in [0.717, 1.165) is 12.8 Å². The number of nitrogens with one attached hydrogen (secondary N) is 1. The molecule has 1 N–H and O–H groups in total. The summed E-state index contributed by atoms with van der Waals surface area (Å²) in [5.41, 5.74) is 0. The van der Waals surface area contributed by atoms with E-state index < -0.39 is 11.8 Å². The summed E-state index contributed by atoms with van der Waals surface area (Å²) >= 11 is 0. The molecule has 5 nitrogen and oxygen atoms in total. The van der Waals surface area contributed by atoms with Crippen LogP contribution in [-0.4, -0.2) is 36.3 Å². The zero-order valence-corrected chi connectivity index (χ0v) is 8.82. The highest BCUT2D eigenvalue weighted by molar-refractivity contribution is 6.35. The summed E-state index contributed by atoms with van der Waals surface area (Å²) in [5, 5.41) is 10.5. The highest BCUT2D eigenvalue weighted by Gasteiger charge is 2.24. The molecule has 1 heterocycles. The predicted molar refractivity (Wildman–Crippen MR) is 53.6 cm³/mol. The molecule has 0 unspecified atom stereocenters. The molecule has 1 aliphatic heterocycles. The van der Waals surface area contributed by atoms with Crippen LogP contribution >= 0.6 is 0 Å². The van der Waals surface area contributed by atoms with Gasteiger partial charge >= 0.3 is 11.8 Å². The third-order valence-corrected chi connectivity index (χ3v) is 2.59. The van der Waals surface area contributed by atoms with Crippen LogP contribution in [0.15, 0.2) is 0 Å². The van der Waals surface area contributed by atoms with Gasteiger partial charge in [-0.3, -0.25) is 9.59 Å². The number of carbonyl (C=O) groups excluding carboxylic acids is 2. The summed E-state index contributed by atoms with van der Waals surface area (Å²) in [5.74, 6) is -0.570. The van der Waals surface area contributed by atoms with Gasteiger partial charge in [-0.25, -0.2) is 0 Å². The number of carbonyl (C=O) groups is 2. The van der Waals surface area contributed by atoms with Crippen LogP contribution in [0.2, 0.25) is 0 Å². The van der Waals surface area contributed by atoms with Crippen molar-refractivity contribution in [1.82, 2.24) is 10.2 Å². The largest absolute Gasteiger partial charge is 0.335 e. The maximum absolute atomic E-state index is 11.5. The number of hydrogen-bond acceptors (Lipinski definition) is 3. The lowest BCUT2D eigenvalue weighted by molar-refractivity contribution is -0.146.